The number of carbonyl (C=O) groups excluding carboxylic acids is 2. The first-order valence-corrected chi connectivity index (χ1v) is 7.42. The Morgan fingerprint density at radius 3 is 2.24 bits per heavy atom. The van der Waals surface area contributed by atoms with Crippen molar-refractivity contribution in [3.63, 3.8) is 0 Å². The molecule has 114 valence electrons. The number of hydrogen-bond donors (Lipinski definition) is 0. The van der Waals surface area contributed by atoms with Crippen molar-refractivity contribution in [2.24, 2.45) is 0 Å². The van der Waals surface area contributed by atoms with E-state index in [9.17, 15) is 19.7 Å². The molecule has 0 aliphatic heterocycles. The highest BCUT2D eigenvalue weighted by atomic mass is 32.2. The van der Waals surface area contributed by atoms with E-state index < -0.39 is 10.5 Å². The summed E-state index contributed by atoms with van der Waals surface area (Å²) in [5, 5.41) is 10.5. The summed E-state index contributed by atoms with van der Waals surface area (Å²) in [5.74, 6) is -0.338. The van der Waals surface area contributed by atoms with Crippen LogP contribution in [0.4, 0.5) is 5.69 Å². The quantitative estimate of drug-likeness (QED) is 0.347. The van der Waals surface area contributed by atoms with Crippen molar-refractivity contribution in [3.8, 4) is 0 Å². The molecule has 0 radical (unpaired) electrons. The maximum absolute atomic E-state index is 11.8. The Hall–Kier alpha value is -1.89. The van der Waals surface area contributed by atoms with Crippen LogP contribution in [0.15, 0.2) is 24.3 Å². The minimum absolute atomic E-state index is 0.0621. The van der Waals surface area contributed by atoms with Crippen LogP contribution in [0.1, 0.15) is 31.1 Å². The molecular weight excluding hydrogens is 294 g/mol. The Balaban J connectivity index is 2.44. The van der Waals surface area contributed by atoms with Gasteiger partial charge in [0.25, 0.3) is 5.69 Å². The molecular formula is C14H17NO5S. The topological polar surface area (TPSA) is 86.5 Å². The highest BCUT2D eigenvalue weighted by molar-refractivity contribution is 8.00. The minimum atomic E-state index is -0.542. The maximum atomic E-state index is 11.8. The molecule has 0 unspecified atom stereocenters. The molecule has 0 N–H and O–H groups in total. The Morgan fingerprint density at radius 2 is 1.76 bits per heavy atom. The number of nitro benzene ring substituents is 1. The van der Waals surface area contributed by atoms with Gasteiger partial charge in [-0.05, 0) is 32.9 Å². The molecule has 0 saturated heterocycles. The fraction of sp³-hybridized carbons (Fsp3) is 0.429. The fourth-order valence-corrected chi connectivity index (χ4v) is 2.13. The van der Waals surface area contributed by atoms with Gasteiger partial charge in [-0.3, -0.25) is 19.7 Å². The molecule has 0 aliphatic rings. The van der Waals surface area contributed by atoms with Gasteiger partial charge in [0.2, 0.25) is 0 Å². The van der Waals surface area contributed by atoms with Crippen LogP contribution in [0.5, 0.6) is 0 Å². The molecule has 0 fully saturated rings. The number of nitro groups is 1. The van der Waals surface area contributed by atoms with Gasteiger partial charge in [0.1, 0.15) is 5.60 Å². The van der Waals surface area contributed by atoms with E-state index in [0.717, 1.165) is 11.8 Å². The lowest BCUT2D eigenvalue weighted by Gasteiger charge is -2.19. The fourth-order valence-electron chi connectivity index (χ4n) is 1.45. The average Bonchev–Trinajstić information content (AvgIpc) is 2.36. The first-order chi connectivity index (χ1) is 9.69. The number of Topliss-reactive ketones (excluding diaryl/α,β-unsaturated/α-hetero) is 1. The van der Waals surface area contributed by atoms with E-state index in [0.29, 0.717) is 5.56 Å². The second-order valence-corrected chi connectivity index (χ2v) is 6.29. The third kappa shape index (κ3) is 6.40. The maximum Gasteiger partial charge on any atom is 0.316 e. The molecule has 1 rings (SSSR count). The van der Waals surface area contributed by atoms with Crippen LogP contribution in [0.25, 0.3) is 0 Å². The summed E-state index contributed by atoms with van der Waals surface area (Å²) in [6.45, 7) is 5.33. The summed E-state index contributed by atoms with van der Waals surface area (Å²) in [7, 11) is 0. The Kier molecular flexibility index (Phi) is 5.90. The van der Waals surface area contributed by atoms with Crippen molar-refractivity contribution < 1.29 is 19.2 Å². The number of thioether (sulfide) groups is 1. The number of esters is 1. The van der Waals surface area contributed by atoms with Gasteiger partial charge in [-0.25, -0.2) is 0 Å². The van der Waals surface area contributed by atoms with Gasteiger partial charge < -0.3 is 4.74 Å². The first kappa shape index (κ1) is 17.2. The standard InChI is InChI=1S/C14H17NO5S/c1-14(2,3)20-13(17)9-21-8-12(16)10-4-6-11(7-5-10)15(18)19/h4-7H,8-9H2,1-3H3. The minimum Gasteiger partial charge on any atom is -0.459 e. The zero-order valence-electron chi connectivity index (χ0n) is 12.1. The van der Waals surface area contributed by atoms with E-state index in [-0.39, 0.29) is 28.9 Å². The van der Waals surface area contributed by atoms with Gasteiger partial charge in [0, 0.05) is 17.7 Å². The molecule has 0 bridgehead atoms. The molecule has 21 heavy (non-hydrogen) atoms. The summed E-state index contributed by atoms with van der Waals surface area (Å²) in [5.41, 5.74) is -0.217. The van der Waals surface area contributed by atoms with Gasteiger partial charge in [-0.1, -0.05) is 0 Å². The van der Waals surface area contributed by atoms with Crippen LogP contribution in [-0.4, -0.2) is 33.8 Å². The van der Waals surface area contributed by atoms with E-state index in [1.807, 2.05) is 0 Å². The van der Waals surface area contributed by atoms with Gasteiger partial charge in [-0.2, -0.15) is 0 Å². The van der Waals surface area contributed by atoms with Crippen molar-refractivity contribution >= 4 is 29.2 Å². The van der Waals surface area contributed by atoms with Gasteiger partial charge >= 0.3 is 5.97 Å². The summed E-state index contributed by atoms with van der Waals surface area (Å²) in [6.07, 6.45) is 0. The van der Waals surface area contributed by atoms with Crippen molar-refractivity contribution in [2.75, 3.05) is 11.5 Å². The van der Waals surface area contributed by atoms with E-state index in [1.165, 1.54) is 24.3 Å². The van der Waals surface area contributed by atoms with E-state index in [1.54, 1.807) is 20.8 Å². The molecule has 1 aromatic carbocycles. The number of nitrogens with zero attached hydrogens (tertiary/aromatic N) is 1. The number of benzene rings is 1. The zero-order chi connectivity index (χ0) is 16.0. The molecule has 0 heterocycles. The lowest BCUT2D eigenvalue weighted by Crippen LogP contribution is -2.25. The zero-order valence-corrected chi connectivity index (χ0v) is 12.9. The Morgan fingerprint density at radius 1 is 1.19 bits per heavy atom. The van der Waals surface area contributed by atoms with E-state index in [4.69, 9.17) is 4.74 Å². The third-order valence-corrected chi connectivity index (χ3v) is 3.18. The highest BCUT2D eigenvalue weighted by Crippen LogP contribution is 2.15. The molecule has 0 aromatic heterocycles. The smallest absolute Gasteiger partial charge is 0.316 e. The van der Waals surface area contributed by atoms with Crippen molar-refractivity contribution in [1.29, 1.82) is 0 Å². The van der Waals surface area contributed by atoms with Crippen LogP contribution < -0.4 is 0 Å². The monoisotopic (exact) mass is 311 g/mol. The van der Waals surface area contributed by atoms with E-state index >= 15 is 0 Å². The molecule has 0 atom stereocenters. The molecule has 0 spiro atoms. The van der Waals surface area contributed by atoms with Crippen LogP contribution in [-0.2, 0) is 9.53 Å². The number of rotatable bonds is 6. The Labute approximate surface area is 127 Å². The van der Waals surface area contributed by atoms with Crippen LogP contribution in [0.3, 0.4) is 0 Å². The normalized spacial score (nSPS) is 11.0. The number of non-ortho nitro benzene ring substituents is 1. The summed E-state index contributed by atoms with van der Waals surface area (Å²) in [6, 6.07) is 5.39. The van der Waals surface area contributed by atoms with Crippen molar-refractivity contribution in [1.82, 2.24) is 0 Å². The summed E-state index contributed by atoms with van der Waals surface area (Å²) >= 11 is 1.16. The molecule has 1 aromatic rings. The molecule has 0 amide bonds. The van der Waals surface area contributed by atoms with Crippen LogP contribution >= 0.6 is 11.8 Å². The number of hydrogen-bond acceptors (Lipinski definition) is 6. The molecule has 0 saturated carbocycles. The Bertz CT molecular complexity index is 533. The number of ether oxygens (including phenoxy) is 1. The van der Waals surface area contributed by atoms with Crippen molar-refractivity contribution in [2.45, 2.75) is 26.4 Å². The average molecular weight is 311 g/mol. The SMILES string of the molecule is CC(C)(C)OC(=O)CSCC(=O)c1ccc([N+](=O)[O-])cc1. The second kappa shape index (κ2) is 7.21. The lowest BCUT2D eigenvalue weighted by molar-refractivity contribution is -0.384. The predicted octanol–water partition coefficient (Wildman–Crippen LogP) is 2.85. The van der Waals surface area contributed by atoms with Crippen LogP contribution in [0.2, 0.25) is 0 Å². The summed E-state index contributed by atoms with van der Waals surface area (Å²) in [4.78, 5) is 33.3. The number of carbonyl (C=O) groups is 2. The van der Waals surface area contributed by atoms with Gasteiger partial charge in [0.15, 0.2) is 5.78 Å². The van der Waals surface area contributed by atoms with E-state index in [2.05, 4.69) is 0 Å². The molecule has 0 aliphatic carbocycles. The predicted molar refractivity (Wildman–Crippen MR) is 80.6 cm³/mol. The van der Waals surface area contributed by atoms with Gasteiger partial charge in [-0.15, -0.1) is 11.8 Å². The van der Waals surface area contributed by atoms with Crippen molar-refractivity contribution in [3.05, 3.63) is 39.9 Å². The third-order valence-electron chi connectivity index (χ3n) is 2.27. The molecule has 6 nitrogen and oxygen atoms in total. The largest absolute Gasteiger partial charge is 0.459 e. The first-order valence-electron chi connectivity index (χ1n) is 6.26. The highest BCUT2D eigenvalue weighted by Gasteiger charge is 2.17. The van der Waals surface area contributed by atoms with Gasteiger partial charge in [0.05, 0.1) is 16.4 Å². The lowest BCUT2D eigenvalue weighted by atomic mass is 10.1. The van der Waals surface area contributed by atoms with Crippen LogP contribution in [0, 0.1) is 10.1 Å². The summed E-state index contributed by atoms with van der Waals surface area (Å²) < 4.78 is 5.12. The molecule has 7 heteroatoms. The second-order valence-electron chi connectivity index (χ2n) is 5.31. The number of ketones is 1.